The van der Waals surface area contributed by atoms with Crippen molar-refractivity contribution in [1.82, 2.24) is 0 Å². The molecule has 0 heterocycles. The maximum Gasteiger partial charge on any atom is 0.122 e. The summed E-state index contributed by atoms with van der Waals surface area (Å²) >= 11 is 6.31. The minimum Gasteiger partial charge on any atom is -0.496 e. The molecule has 0 aromatic heterocycles. The number of methoxy groups -OCH3 is 1. The van der Waals surface area contributed by atoms with Crippen molar-refractivity contribution in [3.8, 4) is 5.75 Å². The number of ether oxygens (including phenoxy) is 1. The average Bonchev–Trinajstić information content (AvgIpc) is 2.42. The molecule has 0 spiro atoms. The molecule has 0 aliphatic heterocycles. The zero-order valence-electron chi connectivity index (χ0n) is 12.9. The summed E-state index contributed by atoms with van der Waals surface area (Å²) in [4.78, 5) is 0. The van der Waals surface area contributed by atoms with Gasteiger partial charge in [0.2, 0.25) is 0 Å². The lowest BCUT2D eigenvalue weighted by Crippen LogP contribution is -2.26. The first-order chi connectivity index (χ1) is 9.33. The van der Waals surface area contributed by atoms with Gasteiger partial charge in [-0.3, -0.25) is 0 Å². The number of hydrogen-bond acceptors (Lipinski definition) is 3. The summed E-state index contributed by atoms with van der Waals surface area (Å²) < 4.78 is 5.45. The van der Waals surface area contributed by atoms with E-state index in [1.807, 2.05) is 33.8 Å². The molecule has 0 aliphatic carbocycles. The Morgan fingerprint density at radius 2 is 1.85 bits per heavy atom. The second kappa shape index (κ2) is 7.30. The Labute approximate surface area is 126 Å². The maximum atomic E-state index is 10.0. The summed E-state index contributed by atoms with van der Waals surface area (Å²) in [6, 6.07) is 1.92. The molecule has 4 heteroatoms. The van der Waals surface area contributed by atoms with Gasteiger partial charge in [-0.15, -0.1) is 0 Å². The van der Waals surface area contributed by atoms with E-state index in [2.05, 4.69) is 0 Å². The highest BCUT2D eigenvalue weighted by Crippen LogP contribution is 2.38. The summed E-state index contributed by atoms with van der Waals surface area (Å²) in [7, 11) is 1.63. The van der Waals surface area contributed by atoms with Crippen LogP contribution in [0, 0.1) is 13.8 Å². The number of aliphatic hydroxyl groups is 2. The van der Waals surface area contributed by atoms with Gasteiger partial charge < -0.3 is 14.9 Å². The lowest BCUT2D eigenvalue weighted by Gasteiger charge is -2.24. The van der Waals surface area contributed by atoms with E-state index in [-0.39, 0.29) is 5.92 Å². The van der Waals surface area contributed by atoms with E-state index in [1.165, 1.54) is 0 Å². The Bertz CT molecular complexity index is 460. The van der Waals surface area contributed by atoms with E-state index >= 15 is 0 Å². The van der Waals surface area contributed by atoms with Crippen LogP contribution in [0.3, 0.4) is 0 Å². The van der Waals surface area contributed by atoms with Crippen molar-refractivity contribution >= 4 is 11.6 Å². The predicted octanol–water partition coefficient (Wildman–Crippen LogP) is 3.59. The van der Waals surface area contributed by atoms with E-state index < -0.39 is 12.2 Å². The van der Waals surface area contributed by atoms with E-state index in [0.29, 0.717) is 12.8 Å². The van der Waals surface area contributed by atoms with Crippen LogP contribution < -0.4 is 4.74 Å². The van der Waals surface area contributed by atoms with Crippen molar-refractivity contribution in [1.29, 1.82) is 0 Å². The number of aliphatic hydroxyl groups excluding tert-OH is 2. The smallest absolute Gasteiger partial charge is 0.122 e. The molecule has 1 rings (SSSR count). The molecule has 3 nitrogen and oxygen atoms in total. The minimum absolute atomic E-state index is 0.0549. The number of aryl methyl sites for hydroxylation is 1. The molecule has 2 N–H and O–H groups in total. The van der Waals surface area contributed by atoms with Crippen LogP contribution in [0.5, 0.6) is 5.75 Å². The van der Waals surface area contributed by atoms with Gasteiger partial charge in [-0.1, -0.05) is 25.4 Å². The van der Waals surface area contributed by atoms with Crippen LogP contribution in [-0.2, 0) is 0 Å². The normalized spacial score (nSPS) is 15.8. The molecule has 0 amide bonds. The number of rotatable bonds is 6. The van der Waals surface area contributed by atoms with Crippen LogP contribution in [0.4, 0.5) is 0 Å². The molecular weight excluding hydrogens is 276 g/mol. The minimum atomic E-state index is -0.737. The third-order valence-electron chi connectivity index (χ3n) is 3.86. The van der Waals surface area contributed by atoms with Crippen molar-refractivity contribution in [2.24, 2.45) is 0 Å². The zero-order valence-corrected chi connectivity index (χ0v) is 13.7. The molecule has 114 valence electrons. The lowest BCUT2D eigenvalue weighted by atomic mass is 9.88. The van der Waals surface area contributed by atoms with Crippen LogP contribution in [0.25, 0.3) is 0 Å². The van der Waals surface area contributed by atoms with E-state index in [1.54, 1.807) is 7.11 Å². The highest BCUT2D eigenvalue weighted by atomic mass is 35.5. The number of hydrogen-bond donors (Lipinski definition) is 2. The summed E-state index contributed by atoms with van der Waals surface area (Å²) in [5.74, 6) is 0.842. The van der Waals surface area contributed by atoms with E-state index in [0.717, 1.165) is 27.5 Å². The van der Waals surface area contributed by atoms with E-state index in [4.69, 9.17) is 16.3 Å². The van der Waals surface area contributed by atoms with Gasteiger partial charge in [-0.05, 0) is 49.8 Å². The van der Waals surface area contributed by atoms with Crippen LogP contribution >= 0.6 is 11.6 Å². The standard InChI is InChI=1S/C16H25ClO3/c1-6-12(18)13(19)7-9(2)15-11(4)16(17)10(3)8-14(15)20-5/h8-9,12-13,18-19H,6-7H2,1-5H3. The highest BCUT2D eigenvalue weighted by Gasteiger charge is 2.23. The molecule has 0 radical (unpaired) electrons. The van der Waals surface area contributed by atoms with Crippen LogP contribution in [0.1, 0.15) is 49.3 Å². The molecule has 0 aliphatic rings. The van der Waals surface area contributed by atoms with Gasteiger partial charge in [0.1, 0.15) is 5.75 Å². The molecule has 3 unspecified atom stereocenters. The fourth-order valence-electron chi connectivity index (χ4n) is 2.63. The third-order valence-corrected chi connectivity index (χ3v) is 4.44. The molecule has 20 heavy (non-hydrogen) atoms. The first-order valence-corrected chi connectivity index (χ1v) is 7.40. The number of halogens is 1. The Morgan fingerprint density at radius 1 is 1.25 bits per heavy atom. The quantitative estimate of drug-likeness (QED) is 0.844. The highest BCUT2D eigenvalue weighted by molar-refractivity contribution is 6.32. The van der Waals surface area contributed by atoms with Crippen LogP contribution in [0.15, 0.2) is 6.07 Å². The molecule has 0 fully saturated rings. The Hall–Kier alpha value is -0.770. The predicted molar refractivity (Wildman–Crippen MR) is 82.8 cm³/mol. The SMILES string of the molecule is CCC(O)C(O)CC(C)c1c(OC)cc(C)c(Cl)c1C. The average molecular weight is 301 g/mol. The van der Waals surface area contributed by atoms with Crippen molar-refractivity contribution in [3.05, 3.63) is 27.8 Å². The summed E-state index contributed by atoms with van der Waals surface area (Å²) in [5, 5.41) is 20.4. The monoisotopic (exact) mass is 300 g/mol. The zero-order chi connectivity index (χ0) is 15.4. The van der Waals surface area contributed by atoms with Gasteiger partial charge in [0.05, 0.1) is 19.3 Å². The van der Waals surface area contributed by atoms with Crippen molar-refractivity contribution in [2.45, 2.75) is 58.7 Å². The Kier molecular flexibility index (Phi) is 6.31. The largest absolute Gasteiger partial charge is 0.496 e. The van der Waals surface area contributed by atoms with Gasteiger partial charge >= 0.3 is 0 Å². The molecule has 1 aromatic rings. The van der Waals surface area contributed by atoms with Crippen molar-refractivity contribution in [3.63, 3.8) is 0 Å². The Morgan fingerprint density at radius 3 is 2.35 bits per heavy atom. The van der Waals surface area contributed by atoms with Crippen LogP contribution in [0.2, 0.25) is 5.02 Å². The second-order valence-electron chi connectivity index (χ2n) is 5.43. The summed E-state index contributed by atoms with van der Waals surface area (Å²) in [6.07, 6.45) is -0.409. The van der Waals surface area contributed by atoms with Crippen molar-refractivity contribution < 1.29 is 14.9 Å². The summed E-state index contributed by atoms with van der Waals surface area (Å²) in [6.45, 7) is 7.78. The fourth-order valence-corrected chi connectivity index (χ4v) is 2.78. The molecule has 0 saturated heterocycles. The van der Waals surface area contributed by atoms with Gasteiger partial charge in [0, 0.05) is 10.6 Å². The molecule has 3 atom stereocenters. The Balaban J connectivity index is 3.09. The maximum absolute atomic E-state index is 10.0. The van der Waals surface area contributed by atoms with Gasteiger partial charge in [-0.25, -0.2) is 0 Å². The second-order valence-corrected chi connectivity index (χ2v) is 5.81. The third kappa shape index (κ3) is 3.66. The topological polar surface area (TPSA) is 49.7 Å². The molecular formula is C16H25ClO3. The molecule has 0 saturated carbocycles. The molecule has 1 aromatic carbocycles. The van der Waals surface area contributed by atoms with Crippen molar-refractivity contribution in [2.75, 3.05) is 7.11 Å². The summed E-state index contributed by atoms with van der Waals surface area (Å²) in [5.41, 5.74) is 2.96. The fraction of sp³-hybridized carbons (Fsp3) is 0.625. The molecule has 0 bridgehead atoms. The van der Waals surface area contributed by atoms with Gasteiger partial charge in [0.25, 0.3) is 0 Å². The number of benzene rings is 1. The first-order valence-electron chi connectivity index (χ1n) is 7.03. The van der Waals surface area contributed by atoms with Gasteiger partial charge in [-0.2, -0.15) is 0 Å². The van der Waals surface area contributed by atoms with Crippen LogP contribution in [-0.4, -0.2) is 29.5 Å². The first kappa shape index (κ1) is 17.3. The van der Waals surface area contributed by atoms with Gasteiger partial charge in [0.15, 0.2) is 0 Å². The lowest BCUT2D eigenvalue weighted by molar-refractivity contribution is 0.00941. The van der Waals surface area contributed by atoms with E-state index in [9.17, 15) is 10.2 Å².